The number of benzene rings is 1. The Bertz CT molecular complexity index is 453. The van der Waals surface area contributed by atoms with Gasteiger partial charge in [-0.25, -0.2) is 0 Å². The summed E-state index contributed by atoms with van der Waals surface area (Å²) in [5.74, 6) is 0.0980. The van der Waals surface area contributed by atoms with Crippen molar-refractivity contribution in [2.45, 2.75) is 19.4 Å². The minimum absolute atomic E-state index is 0.0980. The van der Waals surface area contributed by atoms with E-state index in [1.807, 2.05) is 24.3 Å². The molecule has 2 N–H and O–H groups in total. The first kappa shape index (κ1) is 15.5. The Morgan fingerprint density at radius 1 is 1.45 bits per heavy atom. The predicted octanol–water partition coefficient (Wildman–Crippen LogP) is 2.08. The zero-order valence-corrected chi connectivity index (χ0v) is 13.3. The standard InChI is InChI=1S/C15H21BrN2O2/c1-20-11-15(5-7-17-8-6-15)14(19)18-10-12-3-2-4-13(16)9-12/h2-4,9,17H,5-8,10-11H2,1H3,(H,18,19). The second-order valence-electron chi connectivity index (χ2n) is 5.28. The number of rotatable bonds is 5. The average Bonchev–Trinajstić information content (AvgIpc) is 2.46. The Morgan fingerprint density at radius 3 is 2.85 bits per heavy atom. The molecule has 2 rings (SSSR count). The zero-order chi connectivity index (χ0) is 14.4. The Balaban J connectivity index is 1.98. The molecule has 4 nitrogen and oxygen atoms in total. The molecule has 1 aromatic rings. The average molecular weight is 341 g/mol. The molecule has 1 saturated heterocycles. The Morgan fingerprint density at radius 2 is 2.20 bits per heavy atom. The first-order chi connectivity index (χ1) is 9.66. The zero-order valence-electron chi connectivity index (χ0n) is 11.7. The molecule has 1 aliphatic rings. The molecule has 1 amide bonds. The second kappa shape index (κ2) is 7.20. The maximum absolute atomic E-state index is 12.5. The van der Waals surface area contributed by atoms with Gasteiger partial charge in [0.15, 0.2) is 0 Å². The molecular weight excluding hydrogens is 320 g/mol. The Kier molecular flexibility index (Phi) is 5.57. The fourth-order valence-corrected chi connectivity index (χ4v) is 3.08. The molecule has 0 aromatic heterocycles. The van der Waals surface area contributed by atoms with Crippen LogP contribution in [0.25, 0.3) is 0 Å². The summed E-state index contributed by atoms with van der Waals surface area (Å²) in [5, 5.41) is 6.35. The molecule has 1 fully saturated rings. The van der Waals surface area contributed by atoms with E-state index >= 15 is 0 Å². The smallest absolute Gasteiger partial charge is 0.228 e. The van der Waals surface area contributed by atoms with Crippen molar-refractivity contribution in [2.24, 2.45) is 5.41 Å². The van der Waals surface area contributed by atoms with Gasteiger partial charge in [0, 0.05) is 18.1 Å². The fourth-order valence-electron chi connectivity index (χ4n) is 2.64. The molecule has 1 aromatic carbocycles. The largest absolute Gasteiger partial charge is 0.384 e. The van der Waals surface area contributed by atoms with E-state index in [0.717, 1.165) is 36.0 Å². The molecule has 20 heavy (non-hydrogen) atoms. The SMILES string of the molecule is COCC1(C(=O)NCc2cccc(Br)c2)CCNCC1. The molecule has 0 spiro atoms. The van der Waals surface area contributed by atoms with Gasteiger partial charge in [-0.2, -0.15) is 0 Å². The van der Waals surface area contributed by atoms with Gasteiger partial charge in [-0.1, -0.05) is 28.1 Å². The van der Waals surface area contributed by atoms with Gasteiger partial charge in [0.2, 0.25) is 5.91 Å². The van der Waals surface area contributed by atoms with E-state index in [1.54, 1.807) is 7.11 Å². The minimum Gasteiger partial charge on any atom is -0.384 e. The van der Waals surface area contributed by atoms with Crippen LogP contribution in [0.5, 0.6) is 0 Å². The van der Waals surface area contributed by atoms with Crippen molar-refractivity contribution in [3.8, 4) is 0 Å². The lowest BCUT2D eigenvalue weighted by atomic mass is 9.78. The van der Waals surface area contributed by atoms with E-state index < -0.39 is 0 Å². The van der Waals surface area contributed by atoms with E-state index in [0.29, 0.717) is 13.2 Å². The number of hydrogen-bond donors (Lipinski definition) is 2. The monoisotopic (exact) mass is 340 g/mol. The lowest BCUT2D eigenvalue weighted by Crippen LogP contribution is -2.49. The number of piperidine rings is 1. The quantitative estimate of drug-likeness (QED) is 0.862. The number of carbonyl (C=O) groups excluding carboxylic acids is 1. The van der Waals surface area contributed by atoms with Gasteiger partial charge in [0.05, 0.1) is 12.0 Å². The first-order valence-corrected chi connectivity index (χ1v) is 7.68. The maximum atomic E-state index is 12.5. The highest BCUT2D eigenvalue weighted by Gasteiger charge is 2.39. The summed E-state index contributed by atoms with van der Waals surface area (Å²) >= 11 is 3.44. The molecular formula is C15H21BrN2O2. The van der Waals surface area contributed by atoms with Crippen LogP contribution in [-0.2, 0) is 16.1 Å². The number of hydrogen-bond acceptors (Lipinski definition) is 3. The van der Waals surface area contributed by atoms with E-state index in [2.05, 4.69) is 26.6 Å². The fraction of sp³-hybridized carbons (Fsp3) is 0.533. The highest BCUT2D eigenvalue weighted by atomic mass is 79.9. The van der Waals surface area contributed by atoms with Crippen molar-refractivity contribution < 1.29 is 9.53 Å². The molecule has 1 heterocycles. The minimum atomic E-state index is -0.383. The Labute approximate surface area is 128 Å². The molecule has 0 aliphatic carbocycles. The topological polar surface area (TPSA) is 50.4 Å². The molecule has 0 bridgehead atoms. The summed E-state index contributed by atoms with van der Waals surface area (Å²) in [5.41, 5.74) is 0.709. The first-order valence-electron chi connectivity index (χ1n) is 6.89. The molecule has 0 radical (unpaired) electrons. The number of amides is 1. The van der Waals surface area contributed by atoms with Crippen LogP contribution in [0, 0.1) is 5.41 Å². The number of halogens is 1. The van der Waals surface area contributed by atoms with Gasteiger partial charge < -0.3 is 15.4 Å². The van der Waals surface area contributed by atoms with Crippen molar-refractivity contribution >= 4 is 21.8 Å². The number of carbonyl (C=O) groups is 1. The third kappa shape index (κ3) is 3.81. The summed E-state index contributed by atoms with van der Waals surface area (Å²) in [6.07, 6.45) is 1.65. The van der Waals surface area contributed by atoms with Crippen molar-refractivity contribution in [3.63, 3.8) is 0 Å². The molecule has 0 saturated carbocycles. The van der Waals surface area contributed by atoms with Crippen LogP contribution in [0.4, 0.5) is 0 Å². The number of ether oxygens (including phenoxy) is 1. The van der Waals surface area contributed by atoms with Gasteiger partial charge in [-0.15, -0.1) is 0 Å². The van der Waals surface area contributed by atoms with Gasteiger partial charge in [0.25, 0.3) is 0 Å². The summed E-state index contributed by atoms with van der Waals surface area (Å²) in [6, 6.07) is 7.98. The van der Waals surface area contributed by atoms with Crippen LogP contribution >= 0.6 is 15.9 Å². The van der Waals surface area contributed by atoms with Crippen molar-refractivity contribution in [3.05, 3.63) is 34.3 Å². The highest BCUT2D eigenvalue weighted by Crippen LogP contribution is 2.29. The van der Waals surface area contributed by atoms with Crippen LogP contribution < -0.4 is 10.6 Å². The van der Waals surface area contributed by atoms with E-state index in [4.69, 9.17) is 4.74 Å². The van der Waals surface area contributed by atoms with Crippen molar-refractivity contribution in [2.75, 3.05) is 26.8 Å². The van der Waals surface area contributed by atoms with Crippen LogP contribution in [0.15, 0.2) is 28.7 Å². The summed E-state index contributed by atoms with van der Waals surface area (Å²) < 4.78 is 6.31. The van der Waals surface area contributed by atoms with E-state index in [-0.39, 0.29) is 11.3 Å². The summed E-state index contributed by atoms with van der Waals surface area (Å²) in [4.78, 5) is 12.5. The summed E-state index contributed by atoms with van der Waals surface area (Å²) in [6.45, 7) is 2.78. The normalized spacial score (nSPS) is 17.7. The van der Waals surface area contributed by atoms with Gasteiger partial charge in [-0.3, -0.25) is 4.79 Å². The maximum Gasteiger partial charge on any atom is 0.228 e. The lowest BCUT2D eigenvalue weighted by molar-refractivity contribution is -0.136. The number of methoxy groups -OCH3 is 1. The highest BCUT2D eigenvalue weighted by molar-refractivity contribution is 9.10. The van der Waals surface area contributed by atoms with Crippen molar-refractivity contribution in [1.29, 1.82) is 0 Å². The third-order valence-electron chi connectivity index (χ3n) is 3.81. The van der Waals surface area contributed by atoms with Gasteiger partial charge >= 0.3 is 0 Å². The van der Waals surface area contributed by atoms with Crippen LogP contribution in [0.1, 0.15) is 18.4 Å². The van der Waals surface area contributed by atoms with E-state index in [9.17, 15) is 4.79 Å². The third-order valence-corrected chi connectivity index (χ3v) is 4.30. The molecule has 110 valence electrons. The molecule has 5 heteroatoms. The molecule has 0 unspecified atom stereocenters. The molecule has 1 aliphatic heterocycles. The van der Waals surface area contributed by atoms with Crippen LogP contribution in [0.3, 0.4) is 0 Å². The lowest BCUT2D eigenvalue weighted by Gasteiger charge is -2.35. The molecule has 0 atom stereocenters. The Hall–Kier alpha value is -0.910. The van der Waals surface area contributed by atoms with E-state index in [1.165, 1.54) is 0 Å². The van der Waals surface area contributed by atoms with Crippen LogP contribution in [-0.4, -0.2) is 32.7 Å². The van der Waals surface area contributed by atoms with Crippen molar-refractivity contribution in [1.82, 2.24) is 10.6 Å². The van der Waals surface area contributed by atoms with Gasteiger partial charge in [-0.05, 0) is 43.6 Å². The second-order valence-corrected chi connectivity index (χ2v) is 6.19. The van der Waals surface area contributed by atoms with Gasteiger partial charge in [0.1, 0.15) is 0 Å². The summed E-state index contributed by atoms with van der Waals surface area (Å²) in [7, 11) is 1.66. The van der Waals surface area contributed by atoms with Crippen LogP contribution in [0.2, 0.25) is 0 Å². The predicted molar refractivity (Wildman–Crippen MR) is 82.4 cm³/mol. The number of nitrogens with one attached hydrogen (secondary N) is 2.